The largest absolute Gasteiger partial charge is 0.534 e. The maximum Gasteiger partial charge on any atom is 0.534 e. The van der Waals surface area contributed by atoms with Crippen molar-refractivity contribution in [1.29, 1.82) is 0 Å². The third-order valence-corrected chi connectivity index (χ3v) is 6.40. The highest BCUT2D eigenvalue weighted by molar-refractivity contribution is 7.88. The first-order chi connectivity index (χ1) is 14.1. The molecule has 31 heavy (non-hydrogen) atoms. The van der Waals surface area contributed by atoms with Crippen molar-refractivity contribution in [2.75, 3.05) is 0 Å². The van der Waals surface area contributed by atoms with Crippen LogP contribution < -0.4 is 15.5 Å². The molecule has 0 fully saturated rings. The molecule has 12 heteroatoms. The molecule has 0 atom stereocenters. The van der Waals surface area contributed by atoms with Crippen LogP contribution in [-0.4, -0.2) is 18.9 Å². The smallest absolute Gasteiger partial charge is 0.375 e. The predicted molar refractivity (Wildman–Crippen MR) is 116 cm³/mol. The van der Waals surface area contributed by atoms with Crippen LogP contribution in [0.25, 0.3) is 32.1 Å². The molecule has 4 aromatic rings. The summed E-state index contributed by atoms with van der Waals surface area (Å²) < 4.78 is 67.1. The van der Waals surface area contributed by atoms with Crippen LogP contribution >= 0.6 is 23.7 Å². The van der Waals surface area contributed by atoms with E-state index in [1.54, 1.807) is 35.7 Å². The lowest BCUT2D eigenvalue weighted by molar-refractivity contribution is -0.0499. The highest BCUT2D eigenvalue weighted by Gasteiger charge is 2.49. The van der Waals surface area contributed by atoms with E-state index >= 15 is 0 Å². The monoisotopic (exact) mass is 490 g/mol. The molecule has 0 aliphatic carbocycles. The Morgan fingerprint density at radius 3 is 2.35 bits per heavy atom. The van der Waals surface area contributed by atoms with E-state index < -0.39 is 21.4 Å². The fraction of sp³-hybridized carbons (Fsp3) is 0.105. The van der Waals surface area contributed by atoms with Crippen LogP contribution in [0.3, 0.4) is 0 Å². The molecular weight excluding hydrogens is 477 g/mol. The molecule has 164 valence electrons. The summed E-state index contributed by atoms with van der Waals surface area (Å²) in [4.78, 5) is 15.0. The van der Waals surface area contributed by atoms with Gasteiger partial charge in [-0.05, 0) is 34.7 Å². The van der Waals surface area contributed by atoms with E-state index in [4.69, 9.17) is 5.73 Å². The van der Waals surface area contributed by atoms with Gasteiger partial charge in [-0.15, -0.1) is 23.7 Å². The normalized spacial score (nSPS) is 12.1. The number of aromatic amines is 1. The number of aromatic nitrogens is 1. The zero-order chi connectivity index (χ0) is 21.7. The van der Waals surface area contributed by atoms with Crippen molar-refractivity contribution in [2.24, 2.45) is 5.73 Å². The molecule has 0 radical (unpaired) electrons. The van der Waals surface area contributed by atoms with Crippen LogP contribution in [-0.2, 0) is 16.7 Å². The van der Waals surface area contributed by atoms with E-state index in [1.165, 1.54) is 6.07 Å². The number of pyridine rings is 1. The highest BCUT2D eigenvalue weighted by Crippen LogP contribution is 2.42. The fourth-order valence-corrected chi connectivity index (χ4v) is 4.42. The Labute approximate surface area is 184 Å². The summed E-state index contributed by atoms with van der Waals surface area (Å²) in [5.41, 5.74) is 1.29. The van der Waals surface area contributed by atoms with Gasteiger partial charge in [0.25, 0.3) is 5.56 Å². The van der Waals surface area contributed by atoms with Gasteiger partial charge in [0.05, 0.1) is 0 Å². The first-order valence-electron chi connectivity index (χ1n) is 8.49. The van der Waals surface area contributed by atoms with Crippen LogP contribution in [0, 0.1) is 0 Å². The molecule has 0 unspecified atom stereocenters. The molecule has 2 aromatic heterocycles. The van der Waals surface area contributed by atoms with Crippen LogP contribution in [0.5, 0.6) is 5.75 Å². The van der Waals surface area contributed by atoms with E-state index in [-0.39, 0.29) is 30.1 Å². The number of benzene rings is 2. The number of hydrogen-bond donors (Lipinski definition) is 2. The Balaban J connectivity index is 0.00000272. The summed E-state index contributed by atoms with van der Waals surface area (Å²) in [6.07, 6.45) is 0. The van der Waals surface area contributed by atoms with Crippen LogP contribution in [0.15, 0.2) is 52.6 Å². The molecule has 0 aliphatic heterocycles. The van der Waals surface area contributed by atoms with Crippen molar-refractivity contribution in [2.45, 2.75) is 12.1 Å². The molecule has 0 bridgehead atoms. The number of hydrogen-bond acceptors (Lipinski definition) is 6. The Hall–Kier alpha value is -2.60. The topological polar surface area (TPSA) is 102 Å². The maximum absolute atomic E-state index is 12.9. The lowest BCUT2D eigenvalue weighted by atomic mass is 9.96. The minimum absolute atomic E-state index is 0. The number of nitrogens with two attached hydrogens (primary N) is 1. The van der Waals surface area contributed by atoms with Gasteiger partial charge in [-0.1, -0.05) is 24.3 Å². The van der Waals surface area contributed by atoms with E-state index in [0.29, 0.717) is 26.6 Å². The quantitative estimate of drug-likeness (QED) is 0.323. The standard InChI is InChI=1S/C19H13F3N2O4S2.ClH/c20-19(21,22)30(26,27)28-14-6-5-13-16(12-7-8-29-17(12)18(25)24-13)15(14)11-3-1-10(9-23)2-4-11;/h1-8H,9,23H2,(H,24,25);1H. The number of H-pyrrole nitrogens is 1. The van der Waals surface area contributed by atoms with Crippen molar-refractivity contribution in [3.05, 3.63) is 63.8 Å². The van der Waals surface area contributed by atoms with Crippen molar-refractivity contribution in [1.82, 2.24) is 4.98 Å². The second-order valence-corrected chi connectivity index (χ2v) is 8.82. The highest BCUT2D eigenvalue weighted by atomic mass is 35.5. The Kier molecular flexibility index (Phi) is 6.07. The van der Waals surface area contributed by atoms with E-state index in [0.717, 1.165) is 23.0 Å². The van der Waals surface area contributed by atoms with Crippen LogP contribution in [0.1, 0.15) is 5.56 Å². The predicted octanol–water partition coefficient (Wildman–Crippen LogP) is 4.52. The lowest BCUT2D eigenvalue weighted by Gasteiger charge is -2.16. The second-order valence-electron chi connectivity index (χ2n) is 6.36. The number of fused-ring (bicyclic) bond motifs is 3. The SMILES string of the molecule is Cl.NCc1ccc(-c2c(OS(=O)(=O)C(F)(F)F)ccc3[nH]c(=O)c4sccc4c23)cc1. The van der Waals surface area contributed by atoms with E-state index in [2.05, 4.69) is 9.17 Å². The molecule has 0 aliphatic rings. The van der Waals surface area contributed by atoms with Gasteiger partial charge in [0.15, 0.2) is 5.75 Å². The van der Waals surface area contributed by atoms with Gasteiger partial charge in [0.2, 0.25) is 0 Å². The molecule has 2 aromatic carbocycles. The summed E-state index contributed by atoms with van der Waals surface area (Å²) in [6.45, 7) is 0.254. The second kappa shape index (κ2) is 8.15. The zero-order valence-corrected chi connectivity index (χ0v) is 17.8. The molecule has 2 heterocycles. The number of alkyl halides is 3. The number of thiophene rings is 1. The number of rotatable bonds is 4. The summed E-state index contributed by atoms with van der Waals surface area (Å²) in [5, 5.41) is 2.52. The Morgan fingerprint density at radius 1 is 1.06 bits per heavy atom. The van der Waals surface area contributed by atoms with Crippen molar-refractivity contribution in [3.8, 4) is 16.9 Å². The third kappa shape index (κ3) is 4.01. The molecule has 0 amide bonds. The molecular formula is C19H14ClF3N2O4S2. The molecule has 0 spiro atoms. The van der Waals surface area contributed by atoms with Gasteiger partial charge in [-0.3, -0.25) is 4.79 Å². The summed E-state index contributed by atoms with van der Waals surface area (Å²) in [7, 11) is -5.90. The van der Waals surface area contributed by atoms with Gasteiger partial charge in [-0.25, -0.2) is 0 Å². The van der Waals surface area contributed by atoms with Gasteiger partial charge in [0.1, 0.15) is 4.70 Å². The van der Waals surface area contributed by atoms with E-state index in [9.17, 15) is 26.4 Å². The molecule has 6 nitrogen and oxygen atoms in total. The molecule has 0 saturated heterocycles. The zero-order valence-electron chi connectivity index (χ0n) is 15.4. The summed E-state index contributed by atoms with van der Waals surface area (Å²) in [5.74, 6) is -0.500. The van der Waals surface area contributed by atoms with Crippen molar-refractivity contribution in [3.63, 3.8) is 0 Å². The molecule has 3 N–H and O–H groups in total. The van der Waals surface area contributed by atoms with Gasteiger partial charge >= 0.3 is 15.6 Å². The number of halogens is 4. The minimum atomic E-state index is -5.90. The Morgan fingerprint density at radius 2 is 1.74 bits per heavy atom. The van der Waals surface area contributed by atoms with Crippen LogP contribution in [0.2, 0.25) is 0 Å². The van der Waals surface area contributed by atoms with Crippen molar-refractivity contribution < 1.29 is 25.8 Å². The van der Waals surface area contributed by atoms with Crippen LogP contribution in [0.4, 0.5) is 13.2 Å². The van der Waals surface area contributed by atoms with Gasteiger partial charge in [-0.2, -0.15) is 21.6 Å². The third-order valence-electron chi connectivity index (χ3n) is 4.52. The minimum Gasteiger partial charge on any atom is -0.375 e. The number of nitrogens with one attached hydrogen (secondary N) is 1. The van der Waals surface area contributed by atoms with E-state index in [1.807, 2.05) is 0 Å². The summed E-state index contributed by atoms with van der Waals surface area (Å²) >= 11 is 1.16. The average Bonchev–Trinajstić information content (AvgIpc) is 3.18. The van der Waals surface area contributed by atoms with Gasteiger partial charge < -0.3 is 14.9 Å². The fourth-order valence-electron chi connectivity index (χ4n) is 3.16. The van der Waals surface area contributed by atoms with Crippen molar-refractivity contribution >= 4 is 54.9 Å². The molecule has 4 rings (SSSR count). The first-order valence-corrected chi connectivity index (χ1v) is 10.8. The average molecular weight is 491 g/mol. The maximum atomic E-state index is 12.9. The Bertz CT molecular complexity index is 1430. The van der Waals surface area contributed by atoms with Gasteiger partial charge in [0, 0.05) is 28.4 Å². The summed E-state index contributed by atoms with van der Waals surface area (Å²) in [6, 6.07) is 10.6. The first kappa shape index (κ1) is 23.1. The lowest BCUT2D eigenvalue weighted by Crippen LogP contribution is -2.28. The molecule has 0 saturated carbocycles.